The monoisotopic (exact) mass is 451 g/mol. The number of amides is 1. The molecule has 34 heavy (non-hydrogen) atoms. The van der Waals surface area contributed by atoms with Gasteiger partial charge in [0.05, 0.1) is 7.11 Å². The molecule has 0 atom stereocenters. The molecular weight excluding hydrogens is 426 g/mol. The van der Waals surface area contributed by atoms with Crippen LogP contribution in [0, 0.1) is 13.8 Å². The van der Waals surface area contributed by atoms with Crippen LogP contribution in [0.2, 0.25) is 0 Å². The van der Waals surface area contributed by atoms with Crippen molar-refractivity contribution >= 4 is 23.2 Å². The normalized spacial score (nSPS) is 11.1. The molecule has 0 saturated carbocycles. The van der Waals surface area contributed by atoms with E-state index in [-0.39, 0.29) is 5.91 Å². The van der Waals surface area contributed by atoms with Crippen molar-refractivity contribution in [2.75, 3.05) is 12.4 Å². The van der Waals surface area contributed by atoms with E-state index < -0.39 is 0 Å². The number of methoxy groups -OCH3 is 1. The molecule has 1 amide bonds. The predicted molar refractivity (Wildman–Crippen MR) is 134 cm³/mol. The van der Waals surface area contributed by atoms with E-state index in [1.807, 2.05) is 80.6 Å². The Labute approximate surface area is 198 Å². The topological polar surface area (TPSA) is 73.3 Å². The van der Waals surface area contributed by atoms with Gasteiger partial charge >= 0.3 is 6.01 Å². The molecule has 1 heterocycles. The van der Waals surface area contributed by atoms with Crippen LogP contribution in [-0.4, -0.2) is 23.0 Å². The minimum Gasteiger partial charge on any atom is -0.497 e. The van der Waals surface area contributed by atoms with Gasteiger partial charge in [-0.25, -0.2) is 9.97 Å². The highest BCUT2D eigenvalue weighted by Crippen LogP contribution is 2.24. The molecule has 0 fully saturated rings. The van der Waals surface area contributed by atoms with Crippen LogP contribution in [0.5, 0.6) is 17.5 Å². The number of hydrogen-bond acceptors (Lipinski definition) is 5. The second-order valence-electron chi connectivity index (χ2n) is 7.71. The van der Waals surface area contributed by atoms with Gasteiger partial charge < -0.3 is 14.8 Å². The van der Waals surface area contributed by atoms with E-state index in [0.717, 1.165) is 28.3 Å². The van der Waals surface area contributed by atoms with E-state index in [1.54, 1.807) is 31.4 Å². The second-order valence-corrected chi connectivity index (χ2v) is 7.71. The molecule has 6 nitrogen and oxygen atoms in total. The van der Waals surface area contributed by atoms with Crippen molar-refractivity contribution < 1.29 is 14.3 Å². The molecule has 0 unspecified atom stereocenters. The summed E-state index contributed by atoms with van der Waals surface area (Å²) >= 11 is 0. The first-order valence-electron chi connectivity index (χ1n) is 10.8. The largest absolute Gasteiger partial charge is 0.497 e. The lowest BCUT2D eigenvalue weighted by molar-refractivity contribution is -0.111. The van der Waals surface area contributed by atoms with Crippen molar-refractivity contribution in [3.05, 3.63) is 107 Å². The van der Waals surface area contributed by atoms with Crippen molar-refractivity contribution in [3.63, 3.8) is 0 Å². The first-order chi connectivity index (χ1) is 16.5. The minimum atomic E-state index is -0.215. The Morgan fingerprint density at radius 2 is 1.44 bits per heavy atom. The maximum absolute atomic E-state index is 13.2. The summed E-state index contributed by atoms with van der Waals surface area (Å²) in [5.74, 6) is 1.13. The standard InChI is InChI=1S/C28H25N3O3/c1-19-17-20(2)30-28(29-19)34-25-15-11-23(12-16-25)31-27(32)26(22-7-5-4-6-8-22)18-21-9-13-24(33-3)14-10-21/h4-18H,1-3H3,(H,31,32)/b26-18+. The van der Waals surface area contributed by atoms with E-state index in [1.165, 1.54) is 0 Å². The maximum atomic E-state index is 13.2. The molecule has 0 bridgehead atoms. The first-order valence-corrected chi connectivity index (χ1v) is 10.8. The molecule has 6 heteroatoms. The molecule has 0 radical (unpaired) electrons. The van der Waals surface area contributed by atoms with Gasteiger partial charge in [-0.3, -0.25) is 4.79 Å². The SMILES string of the molecule is COc1ccc(/C=C(/C(=O)Nc2ccc(Oc3nc(C)cc(C)n3)cc2)c2ccccc2)cc1. The number of aryl methyl sites for hydroxylation is 2. The summed E-state index contributed by atoms with van der Waals surface area (Å²) in [4.78, 5) is 21.8. The smallest absolute Gasteiger partial charge is 0.322 e. The van der Waals surface area contributed by atoms with Gasteiger partial charge in [0.2, 0.25) is 0 Å². The molecule has 4 rings (SSSR count). The third-order valence-electron chi connectivity index (χ3n) is 5.04. The van der Waals surface area contributed by atoms with Crippen LogP contribution in [0.1, 0.15) is 22.5 Å². The molecule has 0 aliphatic carbocycles. The Morgan fingerprint density at radius 1 is 0.824 bits per heavy atom. The van der Waals surface area contributed by atoms with Crippen LogP contribution in [0.25, 0.3) is 11.6 Å². The van der Waals surface area contributed by atoms with Crippen LogP contribution in [0.4, 0.5) is 5.69 Å². The summed E-state index contributed by atoms with van der Waals surface area (Å²) in [6, 6.07) is 26.4. The summed E-state index contributed by atoms with van der Waals surface area (Å²) in [7, 11) is 1.62. The zero-order chi connectivity index (χ0) is 23.9. The number of nitrogens with zero attached hydrogens (tertiary/aromatic N) is 2. The summed E-state index contributed by atoms with van der Waals surface area (Å²) in [6.45, 7) is 3.79. The van der Waals surface area contributed by atoms with Crippen molar-refractivity contribution in [2.24, 2.45) is 0 Å². The van der Waals surface area contributed by atoms with Crippen molar-refractivity contribution in [2.45, 2.75) is 13.8 Å². The Bertz CT molecular complexity index is 1280. The summed E-state index contributed by atoms with van der Waals surface area (Å²) in [6.07, 6.45) is 1.86. The molecule has 3 aromatic carbocycles. The zero-order valence-electron chi connectivity index (χ0n) is 19.3. The fourth-order valence-corrected chi connectivity index (χ4v) is 3.41. The van der Waals surface area contributed by atoms with Gasteiger partial charge in [-0.2, -0.15) is 0 Å². The van der Waals surface area contributed by atoms with Gasteiger partial charge in [-0.15, -0.1) is 0 Å². The van der Waals surface area contributed by atoms with Gasteiger partial charge in [0.1, 0.15) is 11.5 Å². The number of nitrogens with one attached hydrogen (secondary N) is 1. The second kappa shape index (κ2) is 10.4. The highest BCUT2D eigenvalue weighted by atomic mass is 16.5. The molecule has 0 saturated heterocycles. The highest BCUT2D eigenvalue weighted by Gasteiger charge is 2.13. The van der Waals surface area contributed by atoms with E-state index in [9.17, 15) is 4.79 Å². The van der Waals surface area contributed by atoms with E-state index in [2.05, 4.69) is 15.3 Å². The summed E-state index contributed by atoms with van der Waals surface area (Å²) in [5.41, 5.74) is 4.59. The molecule has 0 aliphatic rings. The van der Waals surface area contributed by atoms with Gasteiger partial charge in [-0.05, 0) is 73.5 Å². The number of benzene rings is 3. The highest BCUT2D eigenvalue weighted by molar-refractivity contribution is 6.29. The zero-order valence-corrected chi connectivity index (χ0v) is 19.3. The lowest BCUT2D eigenvalue weighted by Gasteiger charge is -2.11. The number of anilines is 1. The summed E-state index contributed by atoms with van der Waals surface area (Å²) in [5, 5.41) is 2.97. The lowest BCUT2D eigenvalue weighted by Crippen LogP contribution is -2.13. The van der Waals surface area contributed by atoms with E-state index >= 15 is 0 Å². The quantitative estimate of drug-likeness (QED) is 0.273. The molecule has 0 spiro atoms. The minimum absolute atomic E-state index is 0.215. The molecule has 170 valence electrons. The maximum Gasteiger partial charge on any atom is 0.322 e. The van der Waals surface area contributed by atoms with E-state index in [4.69, 9.17) is 9.47 Å². The van der Waals surface area contributed by atoms with Gasteiger partial charge in [0.25, 0.3) is 5.91 Å². The van der Waals surface area contributed by atoms with Crippen LogP contribution in [-0.2, 0) is 4.79 Å². The van der Waals surface area contributed by atoms with Crippen LogP contribution in [0.3, 0.4) is 0 Å². The molecule has 1 aromatic heterocycles. The van der Waals surface area contributed by atoms with E-state index in [0.29, 0.717) is 23.0 Å². The van der Waals surface area contributed by atoms with Crippen molar-refractivity contribution in [1.29, 1.82) is 0 Å². The summed E-state index contributed by atoms with van der Waals surface area (Å²) < 4.78 is 11.0. The third-order valence-corrected chi connectivity index (χ3v) is 5.04. The van der Waals surface area contributed by atoms with Crippen LogP contribution >= 0.6 is 0 Å². The number of carbonyl (C=O) groups excluding carboxylic acids is 1. The third kappa shape index (κ3) is 5.86. The van der Waals surface area contributed by atoms with Crippen molar-refractivity contribution in [1.82, 2.24) is 9.97 Å². The number of rotatable bonds is 7. The Balaban J connectivity index is 1.53. The number of ether oxygens (including phenoxy) is 2. The first kappa shape index (κ1) is 22.7. The van der Waals surface area contributed by atoms with Crippen LogP contribution < -0.4 is 14.8 Å². The molecule has 4 aromatic rings. The number of carbonyl (C=O) groups is 1. The Kier molecular flexibility index (Phi) is 6.98. The molecule has 1 N–H and O–H groups in total. The van der Waals surface area contributed by atoms with Gasteiger partial charge in [-0.1, -0.05) is 42.5 Å². The lowest BCUT2D eigenvalue weighted by atomic mass is 10.0. The number of hydrogen-bond donors (Lipinski definition) is 1. The van der Waals surface area contributed by atoms with Gasteiger partial charge in [0, 0.05) is 22.6 Å². The van der Waals surface area contributed by atoms with Crippen LogP contribution in [0.15, 0.2) is 84.9 Å². The Hall–Kier alpha value is -4.45. The fraction of sp³-hybridized carbons (Fsp3) is 0.107. The average molecular weight is 452 g/mol. The predicted octanol–water partition coefficient (Wildman–Crippen LogP) is 6.07. The average Bonchev–Trinajstić information content (AvgIpc) is 2.84. The molecule has 0 aliphatic heterocycles. The Morgan fingerprint density at radius 3 is 2.06 bits per heavy atom. The van der Waals surface area contributed by atoms with Gasteiger partial charge in [0.15, 0.2) is 0 Å². The van der Waals surface area contributed by atoms with Crippen molar-refractivity contribution in [3.8, 4) is 17.5 Å². The number of aromatic nitrogens is 2. The fourth-order valence-electron chi connectivity index (χ4n) is 3.41. The molecular formula is C28H25N3O3.